The molecular formula is C13H7F2IN4O2. The van der Waals surface area contributed by atoms with E-state index < -0.39 is 23.2 Å². The summed E-state index contributed by atoms with van der Waals surface area (Å²) < 4.78 is 28.0. The summed E-state index contributed by atoms with van der Waals surface area (Å²) in [4.78, 5) is 15.2. The van der Waals surface area contributed by atoms with Crippen molar-refractivity contribution in [3.8, 4) is 6.07 Å². The van der Waals surface area contributed by atoms with Crippen LogP contribution in [0.3, 0.4) is 0 Å². The van der Waals surface area contributed by atoms with Crippen LogP contribution in [0.2, 0.25) is 0 Å². The second-order valence-electron chi connectivity index (χ2n) is 4.02. The molecular weight excluding hydrogens is 409 g/mol. The molecule has 0 atom stereocenters. The summed E-state index contributed by atoms with van der Waals surface area (Å²) in [5, 5.41) is 20.0. The van der Waals surface area contributed by atoms with E-state index >= 15 is 0 Å². The van der Waals surface area contributed by atoms with Gasteiger partial charge in [-0.1, -0.05) is 0 Å². The number of pyridine rings is 1. The summed E-state index contributed by atoms with van der Waals surface area (Å²) in [6.07, 6.45) is 0. The molecule has 0 aliphatic heterocycles. The molecule has 3 N–H and O–H groups in total. The van der Waals surface area contributed by atoms with Gasteiger partial charge in [-0.15, -0.1) is 0 Å². The largest absolute Gasteiger partial charge is 0.337 e. The van der Waals surface area contributed by atoms with Gasteiger partial charge >= 0.3 is 0 Å². The lowest BCUT2D eigenvalue weighted by Gasteiger charge is -2.11. The van der Waals surface area contributed by atoms with Gasteiger partial charge in [-0.3, -0.25) is 10.0 Å². The first-order valence-corrected chi connectivity index (χ1v) is 6.81. The molecule has 0 saturated carbocycles. The van der Waals surface area contributed by atoms with Crippen molar-refractivity contribution in [2.24, 2.45) is 0 Å². The first-order chi connectivity index (χ1) is 10.5. The number of amides is 1. The van der Waals surface area contributed by atoms with Crippen molar-refractivity contribution in [2.45, 2.75) is 0 Å². The second kappa shape index (κ2) is 6.63. The summed E-state index contributed by atoms with van der Waals surface area (Å²) in [7, 11) is 0. The second-order valence-corrected chi connectivity index (χ2v) is 5.26. The van der Waals surface area contributed by atoms with Crippen molar-refractivity contribution < 1.29 is 18.8 Å². The average molecular weight is 416 g/mol. The van der Waals surface area contributed by atoms with Crippen LogP contribution in [-0.4, -0.2) is 16.1 Å². The molecule has 1 aromatic carbocycles. The molecule has 112 valence electrons. The van der Waals surface area contributed by atoms with Crippen molar-refractivity contribution in [3.63, 3.8) is 0 Å². The Morgan fingerprint density at radius 3 is 2.64 bits per heavy atom. The summed E-state index contributed by atoms with van der Waals surface area (Å²) >= 11 is 1.92. The van der Waals surface area contributed by atoms with Crippen molar-refractivity contribution in [2.75, 3.05) is 5.32 Å². The summed E-state index contributed by atoms with van der Waals surface area (Å²) in [6, 6.07) is 6.48. The molecule has 1 aromatic heterocycles. The molecule has 1 amide bonds. The highest BCUT2D eigenvalue weighted by Crippen LogP contribution is 2.24. The molecule has 6 nitrogen and oxygen atoms in total. The highest BCUT2D eigenvalue weighted by atomic mass is 127. The van der Waals surface area contributed by atoms with E-state index in [4.69, 9.17) is 10.5 Å². The molecule has 0 spiro atoms. The molecule has 2 rings (SSSR count). The molecule has 0 fully saturated rings. The number of nitriles is 1. The van der Waals surface area contributed by atoms with Crippen LogP contribution in [0.4, 0.5) is 20.3 Å². The van der Waals surface area contributed by atoms with Crippen molar-refractivity contribution in [1.82, 2.24) is 10.5 Å². The Morgan fingerprint density at radius 2 is 2.05 bits per heavy atom. The minimum atomic E-state index is -1.05. The van der Waals surface area contributed by atoms with Gasteiger partial charge in [-0.05, 0) is 46.9 Å². The van der Waals surface area contributed by atoms with Crippen LogP contribution in [0.25, 0.3) is 0 Å². The van der Waals surface area contributed by atoms with Gasteiger partial charge in [0.05, 0.1) is 11.3 Å². The Bertz CT molecular complexity index is 792. The predicted molar refractivity (Wildman–Crippen MR) is 80.6 cm³/mol. The van der Waals surface area contributed by atoms with E-state index in [0.717, 1.165) is 6.07 Å². The zero-order valence-electron chi connectivity index (χ0n) is 10.7. The normalized spacial score (nSPS) is 9.95. The number of hydrogen-bond acceptors (Lipinski definition) is 5. The third-order valence-corrected chi connectivity index (χ3v) is 3.28. The Balaban J connectivity index is 2.53. The number of hydrogen-bond donors (Lipinski definition) is 3. The molecule has 0 aliphatic rings. The van der Waals surface area contributed by atoms with E-state index in [-0.39, 0.29) is 17.1 Å². The zero-order chi connectivity index (χ0) is 16.3. The van der Waals surface area contributed by atoms with Gasteiger partial charge in [0.2, 0.25) is 0 Å². The number of hydroxylamine groups is 1. The van der Waals surface area contributed by atoms with E-state index in [1.165, 1.54) is 23.7 Å². The molecule has 2 aromatic rings. The van der Waals surface area contributed by atoms with Gasteiger partial charge in [-0.25, -0.2) is 19.2 Å². The third kappa shape index (κ3) is 3.29. The first kappa shape index (κ1) is 16.1. The molecule has 9 heteroatoms. The minimum absolute atomic E-state index is 0.0181. The Kier molecular flexibility index (Phi) is 4.84. The van der Waals surface area contributed by atoms with Gasteiger partial charge in [-0.2, -0.15) is 5.26 Å². The minimum Gasteiger partial charge on any atom is -0.337 e. The zero-order valence-corrected chi connectivity index (χ0v) is 12.9. The van der Waals surface area contributed by atoms with Gasteiger partial charge in [0.15, 0.2) is 11.5 Å². The maximum Gasteiger partial charge on any atom is 0.278 e. The van der Waals surface area contributed by atoms with Crippen LogP contribution < -0.4 is 10.8 Å². The molecule has 1 heterocycles. The third-order valence-electron chi connectivity index (χ3n) is 2.61. The Morgan fingerprint density at radius 1 is 1.32 bits per heavy atom. The number of benzene rings is 1. The Labute approximate surface area is 136 Å². The fraction of sp³-hybridized carbons (Fsp3) is 0. The van der Waals surface area contributed by atoms with Crippen molar-refractivity contribution >= 4 is 40.0 Å². The number of halogens is 3. The van der Waals surface area contributed by atoms with Crippen molar-refractivity contribution in [3.05, 3.63) is 50.7 Å². The number of anilines is 2. The smallest absolute Gasteiger partial charge is 0.278 e. The average Bonchev–Trinajstić information content (AvgIpc) is 2.50. The number of rotatable bonds is 3. The van der Waals surface area contributed by atoms with E-state index in [1.807, 2.05) is 22.6 Å². The van der Waals surface area contributed by atoms with Crippen molar-refractivity contribution in [1.29, 1.82) is 5.26 Å². The van der Waals surface area contributed by atoms with E-state index in [1.54, 1.807) is 6.07 Å². The van der Waals surface area contributed by atoms with Crippen LogP contribution in [0.5, 0.6) is 0 Å². The van der Waals surface area contributed by atoms with Gasteiger partial charge in [0.1, 0.15) is 17.7 Å². The summed E-state index contributed by atoms with van der Waals surface area (Å²) in [6.45, 7) is 0. The molecule has 22 heavy (non-hydrogen) atoms. The van der Waals surface area contributed by atoms with E-state index in [9.17, 15) is 13.6 Å². The molecule has 0 aliphatic carbocycles. The van der Waals surface area contributed by atoms with E-state index in [0.29, 0.717) is 3.57 Å². The topological polar surface area (TPSA) is 98.0 Å². The maximum atomic E-state index is 13.8. The number of carbonyl (C=O) groups is 1. The van der Waals surface area contributed by atoms with Crippen LogP contribution in [0.1, 0.15) is 16.1 Å². The molecule has 0 radical (unpaired) electrons. The van der Waals surface area contributed by atoms with E-state index in [2.05, 4.69) is 10.3 Å². The lowest BCUT2D eigenvalue weighted by atomic mass is 10.2. The maximum absolute atomic E-state index is 13.8. The van der Waals surface area contributed by atoms with Crippen LogP contribution in [-0.2, 0) is 0 Å². The molecule has 0 unspecified atom stereocenters. The number of nitrogens with zero attached hydrogens (tertiary/aromatic N) is 2. The lowest BCUT2D eigenvalue weighted by Crippen LogP contribution is -2.21. The van der Waals surface area contributed by atoms with Crippen LogP contribution in [0, 0.1) is 26.5 Å². The Hall–Kier alpha value is -2.32. The first-order valence-electron chi connectivity index (χ1n) is 5.73. The molecule has 0 saturated heterocycles. The standard InChI is InChI=1S/C13H7F2IN4O2/c14-8-3-6(16)1-2-10(8)18-12-7(13(21)20-22)4-9(15)11(5-17)19-12/h1-4,22H,(H,18,19)(H,20,21). The summed E-state index contributed by atoms with van der Waals surface area (Å²) in [5.41, 5.74) is 0.370. The number of aromatic nitrogens is 1. The SMILES string of the molecule is N#Cc1nc(Nc2ccc(I)cc2F)c(C(=O)NO)cc1F. The number of carbonyl (C=O) groups excluding carboxylic acids is 1. The number of nitrogens with one attached hydrogen (secondary N) is 2. The predicted octanol–water partition coefficient (Wildman–Crippen LogP) is 2.70. The van der Waals surface area contributed by atoms with Gasteiger partial charge in [0.25, 0.3) is 5.91 Å². The lowest BCUT2D eigenvalue weighted by molar-refractivity contribution is 0.0706. The summed E-state index contributed by atoms with van der Waals surface area (Å²) in [5.74, 6) is -2.96. The van der Waals surface area contributed by atoms with Gasteiger partial charge < -0.3 is 5.32 Å². The fourth-order valence-electron chi connectivity index (χ4n) is 1.61. The quantitative estimate of drug-likeness (QED) is 0.406. The van der Waals surface area contributed by atoms with Gasteiger partial charge in [0, 0.05) is 3.57 Å². The highest BCUT2D eigenvalue weighted by molar-refractivity contribution is 14.1. The van der Waals surface area contributed by atoms with Crippen LogP contribution in [0.15, 0.2) is 24.3 Å². The highest BCUT2D eigenvalue weighted by Gasteiger charge is 2.18. The molecule has 0 bridgehead atoms. The van der Waals surface area contributed by atoms with Crippen LogP contribution >= 0.6 is 22.6 Å². The monoisotopic (exact) mass is 416 g/mol. The fourth-order valence-corrected chi connectivity index (χ4v) is 2.07.